The molecule has 0 bridgehead atoms. The number of fused-ring (bicyclic) bond motifs is 1. The molecule has 0 spiro atoms. The van der Waals surface area contributed by atoms with E-state index in [2.05, 4.69) is 14.7 Å². The first-order chi connectivity index (χ1) is 14.0. The molecule has 0 radical (unpaired) electrons. The Balaban J connectivity index is 1.60. The average Bonchev–Trinajstić information content (AvgIpc) is 2.78. The lowest BCUT2D eigenvalue weighted by molar-refractivity contribution is 0.413. The quantitative estimate of drug-likeness (QED) is 0.528. The lowest BCUT2D eigenvalue weighted by Gasteiger charge is -2.10. The molecule has 0 aliphatic heterocycles. The first kappa shape index (κ1) is 19.0. The summed E-state index contributed by atoms with van der Waals surface area (Å²) in [5, 5.41) is 1.85. The first-order valence-electron chi connectivity index (χ1n) is 9.00. The number of nitrogens with zero attached hydrogens (tertiary/aromatic N) is 2. The van der Waals surface area contributed by atoms with Crippen molar-refractivity contribution in [2.75, 3.05) is 7.11 Å². The zero-order chi connectivity index (χ0) is 20.3. The van der Waals surface area contributed by atoms with Crippen molar-refractivity contribution >= 4 is 20.8 Å². The van der Waals surface area contributed by atoms with E-state index in [0.29, 0.717) is 22.8 Å². The highest BCUT2D eigenvalue weighted by molar-refractivity contribution is 7.89. The van der Waals surface area contributed by atoms with Crippen molar-refractivity contribution in [3.63, 3.8) is 0 Å². The molecule has 0 fully saturated rings. The fourth-order valence-corrected chi connectivity index (χ4v) is 4.03. The van der Waals surface area contributed by atoms with Crippen LogP contribution in [0.2, 0.25) is 0 Å². The van der Waals surface area contributed by atoms with Crippen molar-refractivity contribution in [3.05, 3.63) is 84.7 Å². The minimum Gasteiger partial charge on any atom is -0.497 e. The number of aromatic nitrogens is 2. The van der Waals surface area contributed by atoms with Crippen LogP contribution in [0.3, 0.4) is 0 Å². The summed E-state index contributed by atoms with van der Waals surface area (Å²) in [4.78, 5) is 9.04. The predicted molar refractivity (Wildman–Crippen MR) is 112 cm³/mol. The number of nitrogens with one attached hydrogen (secondary N) is 1. The maximum absolute atomic E-state index is 12.8. The van der Waals surface area contributed by atoms with Gasteiger partial charge in [-0.25, -0.2) is 18.1 Å². The fourth-order valence-electron chi connectivity index (χ4n) is 3.00. The largest absolute Gasteiger partial charge is 0.497 e. The van der Waals surface area contributed by atoms with Crippen LogP contribution in [-0.2, 0) is 16.6 Å². The average molecular weight is 405 g/mol. The number of sulfonamides is 1. The van der Waals surface area contributed by atoms with E-state index in [-0.39, 0.29) is 11.4 Å². The second kappa shape index (κ2) is 7.98. The summed E-state index contributed by atoms with van der Waals surface area (Å²) >= 11 is 0. The van der Waals surface area contributed by atoms with Gasteiger partial charge in [0.05, 0.1) is 35.6 Å². The first-order valence-corrected chi connectivity index (χ1v) is 10.5. The number of benzene rings is 2. The molecule has 0 unspecified atom stereocenters. The molecule has 29 heavy (non-hydrogen) atoms. The summed E-state index contributed by atoms with van der Waals surface area (Å²) in [5.74, 6) is 0.584. The number of methoxy groups -OCH3 is 1. The topological polar surface area (TPSA) is 81.2 Å². The van der Waals surface area contributed by atoms with E-state index in [1.807, 2.05) is 42.5 Å². The lowest BCUT2D eigenvalue weighted by Crippen LogP contribution is -2.23. The van der Waals surface area contributed by atoms with Crippen molar-refractivity contribution in [1.29, 1.82) is 0 Å². The number of rotatable bonds is 6. The smallest absolute Gasteiger partial charge is 0.240 e. The molecule has 7 heteroatoms. The van der Waals surface area contributed by atoms with Crippen molar-refractivity contribution in [3.8, 4) is 17.1 Å². The van der Waals surface area contributed by atoms with Gasteiger partial charge in [-0.1, -0.05) is 36.4 Å². The Kier molecular flexibility index (Phi) is 5.24. The van der Waals surface area contributed by atoms with Gasteiger partial charge in [-0.2, -0.15) is 0 Å². The SMILES string of the molecule is COc1cc(CNS(=O)(=O)c2ccc3ccccc3c2)nc(-c2ccccn2)c1. The number of hydrogen-bond acceptors (Lipinski definition) is 5. The van der Waals surface area contributed by atoms with Gasteiger partial charge in [-0.3, -0.25) is 4.98 Å². The van der Waals surface area contributed by atoms with E-state index in [4.69, 9.17) is 4.74 Å². The molecule has 2 aromatic heterocycles. The monoisotopic (exact) mass is 405 g/mol. The van der Waals surface area contributed by atoms with E-state index in [1.54, 1.807) is 43.6 Å². The van der Waals surface area contributed by atoms with Gasteiger partial charge in [0, 0.05) is 18.3 Å². The zero-order valence-corrected chi connectivity index (χ0v) is 16.6. The van der Waals surface area contributed by atoms with Crippen LogP contribution >= 0.6 is 0 Å². The number of hydrogen-bond donors (Lipinski definition) is 1. The van der Waals surface area contributed by atoms with Crippen molar-refractivity contribution in [1.82, 2.24) is 14.7 Å². The molecule has 6 nitrogen and oxygen atoms in total. The molecule has 0 atom stereocenters. The molecular weight excluding hydrogens is 386 g/mol. The highest BCUT2D eigenvalue weighted by Crippen LogP contribution is 2.22. The second-order valence-corrected chi connectivity index (χ2v) is 8.20. The Morgan fingerprint density at radius 3 is 2.45 bits per heavy atom. The van der Waals surface area contributed by atoms with Crippen LogP contribution in [0.4, 0.5) is 0 Å². The van der Waals surface area contributed by atoms with Crippen LogP contribution in [0, 0.1) is 0 Å². The minimum atomic E-state index is -3.69. The molecule has 0 saturated carbocycles. The summed E-state index contributed by atoms with van der Waals surface area (Å²) in [6, 6.07) is 21.7. The molecule has 0 saturated heterocycles. The molecule has 0 aliphatic rings. The van der Waals surface area contributed by atoms with Crippen LogP contribution in [0.1, 0.15) is 5.69 Å². The summed E-state index contributed by atoms with van der Waals surface area (Å²) in [5.41, 5.74) is 1.84. The second-order valence-electron chi connectivity index (χ2n) is 6.43. The Hall–Kier alpha value is -3.29. The minimum absolute atomic E-state index is 0.0339. The van der Waals surface area contributed by atoms with Gasteiger partial charge in [0.25, 0.3) is 0 Å². The van der Waals surface area contributed by atoms with Crippen LogP contribution in [0.25, 0.3) is 22.2 Å². The highest BCUT2D eigenvalue weighted by Gasteiger charge is 2.15. The maximum Gasteiger partial charge on any atom is 0.240 e. The van der Waals surface area contributed by atoms with Crippen LogP contribution in [0.15, 0.2) is 83.9 Å². The van der Waals surface area contributed by atoms with E-state index >= 15 is 0 Å². The van der Waals surface area contributed by atoms with Crippen molar-refractivity contribution in [2.24, 2.45) is 0 Å². The highest BCUT2D eigenvalue weighted by atomic mass is 32.2. The molecule has 4 rings (SSSR count). The van der Waals surface area contributed by atoms with Gasteiger partial charge in [-0.15, -0.1) is 0 Å². The van der Waals surface area contributed by atoms with Gasteiger partial charge in [0.2, 0.25) is 10.0 Å². The van der Waals surface area contributed by atoms with Gasteiger partial charge >= 0.3 is 0 Å². The third kappa shape index (κ3) is 4.26. The van der Waals surface area contributed by atoms with E-state index in [0.717, 1.165) is 10.8 Å². The summed E-state index contributed by atoms with van der Waals surface area (Å²) in [6.45, 7) is 0.0339. The Bertz CT molecular complexity index is 1260. The third-order valence-corrected chi connectivity index (χ3v) is 5.89. The van der Waals surface area contributed by atoms with Crippen molar-refractivity contribution < 1.29 is 13.2 Å². The van der Waals surface area contributed by atoms with Crippen LogP contribution in [-0.4, -0.2) is 25.5 Å². The summed E-state index contributed by atoms with van der Waals surface area (Å²) in [6.07, 6.45) is 1.68. The molecule has 2 aromatic carbocycles. The molecule has 0 amide bonds. The maximum atomic E-state index is 12.8. The van der Waals surface area contributed by atoms with Crippen LogP contribution < -0.4 is 9.46 Å². The van der Waals surface area contributed by atoms with Gasteiger partial charge in [-0.05, 0) is 35.0 Å². The molecule has 146 valence electrons. The van der Waals surface area contributed by atoms with Gasteiger partial charge in [0.1, 0.15) is 5.75 Å². The normalized spacial score (nSPS) is 11.5. The zero-order valence-electron chi connectivity index (χ0n) is 15.7. The summed E-state index contributed by atoms with van der Waals surface area (Å²) < 4.78 is 33.5. The predicted octanol–water partition coefficient (Wildman–Crippen LogP) is 3.78. The van der Waals surface area contributed by atoms with Gasteiger partial charge < -0.3 is 4.74 Å². The summed E-state index contributed by atoms with van der Waals surface area (Å²) in [7, 11) is -2.14. The molecule has 2 heterocycles. The molecule has 1 N–H and O–H groups in total. The molecule has 4 aromatic rings. The Morgan fingerprint density at radius 2 is 1.69 bits per heavy atom. The lowest BCUT2D eigenvalue weighted by atomic mass is 10.1. The van der Waals surface area contributed by atoms with Crippen molar-refractivity contribution in [2.45, 2.75) is 11.4 Å². The van der Waals surface area contributed by atoms with E-state index in [1.165, 1.54) is 0 Å². The fraction of sp³-hybridized carbons (Fsp3) is 0.0909. The van der Waals surface area contributed by atoms with Gasteiger partial charge in [0.15, 0.2) is 0 Å². The number of pyridine rings is 2. The molecule has 0 aliphatic carbocycles. The number of ether oxygens (including phenoxy) is 1. The third-order valence-electron chi connectivity index (χ3n) is 4.49. The van der Waals surface area contributed by atoms with Crippen LogP contribution in [0.5, 0.6) is 5.75 Å². The van der Waals surface area contributed by atoms with E-state index in [9.17, 15) is 8.42 Å². The van der Waals surface area contributed by atoms with E-state index < -0.39 is 10.0 Å². The molecular formula is C22H19N3O3S. The standard InChI is InChI=1S/C22H19N3O3S/c1-28-19-13-18(25-22(14-19)21-8-4-5-11-23-21)15-24-29(26,27)20-10-9-16-6-2-3-7-17(16)12-20/h2-14,24H,15H2,1H3. The Labute approximate surface area is 169 Å². The Morgan fingerprint density at radius 1 is 0.897 bits per heavy atom.